The Morgan fingerprint density at radius 1 is 1.00 bits per heavy atom. The van der Waals surface area contributed by atoms with Crippen molar-refractivity contribution in [2.24, 2.45) is 0 Å². The summed E-state index contributed by atoms with van der Waals surface area (Å²) in [4.78, 5) is 12.6. The van der Waals surface area contributed by atoms with Crippen molar-refractivity contribution in [3.8, 4) is 17.1 Å². The number of anilines is 1. The van der Waals surface area contributed by atoms with Crippen LogP contribution in [-0.2, 0) is 0 Å². The minimum Gasteiger partial charge on any atom is -0.506 e. The van der Waals surface area contributed by atoms with Crippen LogP contribution in [0.15, 0.2) is 66.9 Å². The van der Waals surface area contributed by atoms with Crippen LogP contribution in [0.4, 0.5) is 10.1 Å². The van der Waals surface area contributed by atoms with Crippen LogP contribution in [0.1, 0.15) is 10.4 Å². The van der Waals surface area contributed by atoms with E-state index in [2.05, 4.69) is 15.5 Å². The number of carbonyl (C=O) groups excluding carboxylic acids is 1. The highest BCUT2D eigenvalue weighted by atomic mass is 19.1. The number of carbonyl (C=O) groups is 1. The summed E-state index contributed by atoms with van der Waals surface area (Å²) in [6.07, 6.45) is 1.66. The number of halogens is 1. The highest BCUT2D eigenvalue weighted by molar-refractivity contribution is 6.08. The number of aromatic hydroxyl groups is 1. The van der Waals surface area contributed by atoms with E-state index in [1.165, 1.54) is 12.1 Å². The fourth-order valence-corrected chi connectivity index (χ4v) is 2.69. The zero-order valence-electron chi connectivity index (χ0n) is 13.4. The molecule has 2 aromatic heterocycles. The van der Waals surface area contributed by atoms with Crippen LogP contribution in [0, 0.1) is 5.82 Å². The summed E-state index contributed by atoms with van der Waals surface area (Å²) >= 11 is 0. The topological polar surface area (TPSA) is 79.5 Å². The molecule has 6 nitrogen and oxygen atoms in total. The van der Waals surface area contributed by atoms with Gasteiger partial charge in [-0.1, -0.05) is 24.3 Å². The van der Waals surface area contributed by atoms with Gasteiger partial charge in [-0.05, 0) is 36.4 Å². The Bertz CT molecular complexity index is 1120. The van der Waals surface area contributed by atoms with Crippen molar-refractivity contribution in [3.05, 3.63) is 78.2 Å². The van der Waals surface area contributed by atoms with Gasteiger partial charge in [-0.2, -0.15) is 0 Å². The van der Waals surface area contributed by atoms with Crippen LogP contribution in [0.25, 0.3) is 17.0 Å². The van der Waals surface area contributed by atoms with Gasteiger partial charge in [0.05, 0.1) is 16.8 Å². The summed E-state index contributed by atoms with van der Waals surface area (Å²) in [5.74, 6) is -0.618. The largest absolute Gasteiger partial charge is 0.506 e. The number of fused-ring (bicyclic) bond motifs is 1. The summed E-state index contributed by atoms with van der Waals surface area (Å²) in [7, 11) is 0. The lowest BCUT2D eigenvalue weighted by molar-refractivity contribution is 0.102. The molecular weight excluding hydrogens is 335 g/mol. The van der Waals surface area contributed by atoms with Crippen molar-refractivity contribution in [1.82, 2.24) is 14.6 Å². The predicted molar refractivity (Wildman–Crippen MR) is 94.4 cm³/mol. The molecule has 0 unspecified atom stereocenters. The van der Waals surface area contributed by atoms with Crippen molar-refractivity contribution in [2.75, 3.05) is 5.32 Å². The first-order valence-electron chi connectivity index (χ1n) is 7.83. The predicted octanol–water partition coefficient (Wildman–Crippen LogP) is 3.49. The molecule has 0 radical (unpaired) electrons. The quantitative estimate of drug-likeness (QED) is 0.556. The molecule has 0 aliphatic heterocycles. The highest BCUT2D eigenvalue weighted by Gasteiger charge is 2.18. The van der Waals surface area contributed by atoms with Crippen molar-refractivity contribution in [3.63, 3.8) is 0 Å². The number of benzene rings is 2. The Morgan fingerprint density at radius 2 is 1.77 bits per heavy atom. The molecule has 0 aliphatic rings. The molecule has 4 aromatic rings. The molecule has 0 saturated carbocycles. The highest BCUT2D eigenvalue weighted by Crippen LogP contribution is 2.25. The molecule has 26 heavy (non-hydrogen) atoms. The number of rotatable bonds is 3. The van der Waals surface area contributed by atoms with Crippen LogP contribution in [-0.4, -0.2) is 25.6 Å². The van der Waals surface area contributed by atoms with Crippen LogP contribution in [0.5, 0.6) is 5.75 Å². The van der Waals surface area contributed by atoms with E-state index in [0.717, 1.165) is 0 Å². The van der Waals surface area contributed by atoms with Gasteiger partial charge < -0.3 is 10.4 Å². The zero-order valence-corrected chi connectivity index (χ0v) is 13.4. The van der Waals surface area contributed by atoms with Crippen LogP contribution < -0.4 is 5.32 Å². The molecule has 0 atom stereocenters. The van der Waals surface area contributed by atoms with E-state index in [1.807, 2.05) is 0 Å². The van der Waals surface area contributed by atoms with Crippen molar-refractivity contribution in [1.29, 1.82) is 0 Å². The van der Waals surface area contributed by atoms with Gasteiger partial charge in [0.1, 0.15) is 11.6 Å². The van der Waals surface area contributed by atoms with Crippen LogP contribution in [0.2, 0.25) is 0 Å². The van der Waals surface area contributed by atoms with Gasteiger partial charge in [0, 0.05) is 6.20 Å². The Kier molecular flexibility index (Phi) is 3.81. The molecule has 0 spiro atoms. The lowest BCUT2D eigenvalue weighted by Crippen LogP contribution is -2.13. The normalized spacial score (nSPS) is 10.8. The smallest absolute Gasteiger partial charge is 0.259 e. The molecule has 0 fully saturated rings. The number of para-hydroxylation sites is 2. The van der Waals surface area contributed by atoms with E-state index < -0.39 is 11.7 Å². The summed E-state index contributed by atoms with van der Waals surface area (Å²) in [5, 5.41) is 20.5. The molecular formula is C19H13FN4O2. The minimum absolute atomic E-state index is 0.0404. The standard InChI is InChI=1S/C19H13FN4O2/c20-14-8-2-1-6-12(14)17-22-23-18-13(7-5-11-24(17)18)19(26)21-15-9-3-4-10-16(15)25/h1-11,25H,(H,21,26). The number of hydrogen-bond donors (Lipinski definition) is 2. The van der Waals surface area contributed by atoms with Crippen molar-refractivity contribution in [2.45, 2.75) is 0 Å². The Labute approximate surface area is 147 Å². The summed E-state index contributed by atoms with van der Waals surface area (Å²) < 4.78 is 15.6. The third-order valence-electron chi connectivity index (χ3n) is 3.95. The monoisotopic (exact) mass is 348 g/mol. The number of hydrogen-bond acceptors (Lipinski definition) is 4. The van der Waals surface area contributed by atoms with E-state index in [9.17, 15) is 14.3 Å². The Hall–Kier alpha value is -3.74. The number of nitrogens with one attached hydrogen (secondary N) is 1. The van der Waals surface area contributed by atoms with Crippen molar-refractivity contribution < 1.29 is 14.3 Å². The second-order valence-corrected chi connectivity index (χ2v) is 5.59. The van der Waals surface area contributed by atoms with E-state index in [-0.39, 0.29) is 17.0 Å². The van der Waals surface area contributed by atoms with Gasteiger partial charge in [0.15, 0.2) is 11.5 Å². The van der Waals surface area contributed by atoms with Crippen molar-refractivity contribution >= 4 is 17.2 Å². The van der Waals surface area contributed by atoms with Crippen LogP contribution in [0.3, 0.4) is 0 Å². The first-order valence-corrected chi connectivity index (χ1v) is 7.83. The number of pyridine rings is 1. The molecule has 0 saturated heterocycles. The first-order chi connectivity index (χ1) is 12.6. The Morgan fingerprint density at radius 3 is 2.58 bits per heavy atom. The molecule has 2 aromatic carbocycles. The molecule has 1 amide bonds. The van der Waals surface area contributed by atoms with Gasteiger partial charge in [0.25, 0.3) is 5.91 Å². The third-order valence-corrected chi connectivity index (χ3v) is 3.95. The van der Waals surface area contributed by atoms with Gasteiger partial charge in [-0.3, -0.25) is 9.20 Å². The second-order valence-electron chi connectivity index (χ2n) is 5.59. The lowest BCUT2D eigenvalue weighted by Gasteiger charge is -2.08. The lowest BCUT2D eigenvalue weighted by atomic mass is 10.2. The average molecular weight is 348 g/mol. The summed E-state index contributed by atoms with van der Waals surface area (Å²) in [6, 6.07) is 15.9. The van der Waals surface area contributed by atoms with Gasteiger partial charge in [0.2, 0.25) is 0 Å². The van der Waals surface area contributed by atoms with Gasteiger partial charge >= 0.3 is 0 Å². The number of aromatic nitrogens is 3. The Balaban J connectivity index is 1.77. The van der Waals surface area contributed by atoms with E-state index in [4.69, 9.17) is 0 Å². The van der Waals surface area contributed by atoms with E-state index >= 15 is 0 Å². The number of amides is 1. The molecule has 0 aliphatic carbocycles. The maximum Gasteiger partial charge on any atom is 0.259 e. The van der Waals surface area contributed by atoms with Crippen LogP contribution >= 0.6 is 0 Å². The molecule has 2 heterocycles. The molecule has 4 rings (SSSR count). The maximum atomic E-state index is 14.1. The molecule has 2 N–H and O–H groups in total. The number of phenols is 1. The minimum atomic E-state index is -0.454. The summed E-state index contributed by atoms with van der Waals surface area (Å²) in [5.41, 5.74) is 1.12. The maximum absolute atomic E-state index is 14.1. The number of phenolic OH excluding ortho intramolecular Hbond substituents is 1. The average Bonchev–Trinajstić information content (AvgIpc) is 3.08. The third kappa shape index (κ3) is 2.65. The van der Waals surface area contributed by atoms with Gasteiger partial charge in [-0.25, -0.2) is 4.39 Å². The molecule has 7 heteroatoms. The fourth-order valence-electron chi connectivity index (χ4n) is 2.69. The zero-order chi connectivity index (χ0) is 18.1. The molecule has 128 valence electrons. The van der Waals surface area contributed by atoms with E-state index in [0.29, 0.717) is 17.0 Å². The summed E-state index contributed by atoms with van der Waals surface area (Å²) in [6.45, 7) is 0. The first kappa shape index (κ1) is 15.8. The number of nitrogens with zero attached hydrogens (tertiary/aromatic N) is 3. The molecule has 0 bridgehead atoms. The second kappa shape index (κ2) is 6.29. The fraction of sp³-hybridized carbons (Fsp3) is 0. The van der Waals surface area contributed by atoms with E-state index in [1.54, 1.807) is 59.1 Å². The van der Waals surface area contributed by atoms with Gasteiger partial charge in [-0.15, -0.1) is 10.2 Å². The SMILES string of the molecule is O=C(Nc1ccccc1O)c1cccn2c(-c3ccccc3F)nnc12.